The van der Waals surface area contributed by atoms with Gasteiger partial charge in [0.05, 0.1) is 34.0 Å². The lowest BCUT2D eigenvalue weighted by Gasteiger charge is -2.12. The SMILES string of the molecule is CCS(=O)(=O)c1ccc(CC(=O)Nc2ccc3nc(CCl)n(C(C)C)c3c2)cc1. The lowest BCUT2D eigenvalue weighted by molar-refractivity contribution is -0.115. The molecule has 1 N–H and O–H groups in total. The summed E-state index contributed by atoms with van der Waals surface area (Å²) in [5, 5.41) is 2.90. The summed E-state index contributed by atoms with van der Waals surface area (Å²) in [6, 6.07) is 12.2. The van der Waals surface area contributed by atoms with Crippen LogP contribution in [-0.2, 0) is 26.9 Å². The van der Waals surface area contributed by atoms with Crippen molar-refractivity contribution in [3.8, 4) is 0 Å². The van der Waals surface area contributed by atoms with Crippen LogP contribution >= 0.6 is 11.6 Å². The molecule has 154 valence electrons. The number of halogens is 1. The number of alkyl halides is 1. The molecule has 0 saturated carbocycles. The Morgan fingerprint density at radius 1 is 1.17 bits per heavy atom. The van der Waals surface area contributed by atoms with E-state index in [2.05, 4.69) is 28.7 Å². The molecule has 0 atom stereocenters. The Bertz CT molecular complexity index is 1140. The van der Waals surface area contributed by atoms with Gasteiger partial charge in [0.25, 0.3) is 0 Å². The summed E-state index contributed by atoms with van der Waals surface area (Å²) in [4.78, 5) is 17.3. The number of aromatic nitrogens is 2. The number of nitrogens with one attached hydrogen (secondary N) is 1. The summed E-state index contributed by atoms with van der Waals surface area (Å²) in [7, 11) is -3.24. The first-order valence-corrected chi connectivity index (χ1v) is 11.6. The van der Waals surface area contributed by atoms with Crippen molar-refractivity contribution in [2.45, 2.75) is 44.0 Å². The first kappa shape index (κ1) is 21.3. The van der Waals surface area contributed by atoms with Gasteiger partial charge in [-0.1, -0.05) is 19.1 Å². The Kier molecular flexibility index (Phi) is 6.29. The van der Waals surface area contributed by atoms with Crippen LogP contribution in [0.3, 0.4) is 0 Å². The van der Waals surface area contributed by atoms with E-state index in [-0.39, 0.29) is 29.0 Å². The number of imidazole rings is 1. The second-order valence-corrected chi connectivity index (χ2v) is 9.65. The third-order valence-corrected chi connectivity index (χ3v) is 6.70. The van der Waals surface area contributed by atoms with E-state index in [4.69, 9.17) is 11.6 Å². The van der Waals surface area contributed by atoms with E-state index >= 15 is 0 Å². The molecule has 0 spiro atoms. The maximum Gasteiger partial charge on any atom is 0.228 e. The van der Waals surface area contributed by atoms with Crippen molar-refractivity contribution in [2.75, 3.05) is 11.1 Å². The first-order valence-electron chi connectivity index (χ1n) is 9.43. The highest BCUT2D eigenvalue weighted by Gasteiger charge is 2.14. The zero-order chi connectivity index (χ0) is 21.2. The molecule has 1 amide bonds. The number of hydrogen-bond acceptors (Lipinski definition) is 4. The van der Waals surface area contributed by atoms with Crippen LogP contribution in [0.5, 0.6) is 0 Å². The molecule has 2 aromatic carbocycles. The minimum absolute atomic E-state index is 0.0493. The van der Waals surface area contributed by atoms with Gasteiger partial charge in [-0.2, -0.15) is 0 Å². The van der Waals surface area contributed by atoms with E-state index in [1.54, 1.807) is 31.2 Å². The molecule has 1 heterocycles. The van der Waals surface area contributed by atoms with Crippen LogP contribution in [0.25, 0.3) is 11.0 Å². The first-order chi connectivity index (χ1) is 13.7. The van der Waals surface area contributed by atoms with Gasteiger partial charge in [-0.15, -0.1) is 11.6 Å². The molecule has 0 aliphatic rings. The summed E-state index contributed by atoms with van der Waals surface area (Å²) < 4.78 is 25.8. The van der Waals surface area contributed by atoms with Crippen molar-refractivity contribution in [1.82, 2.24) is 9.55 Å². The van der Waals surface area contributed by atoms with E-state index in [0.29, 0.717) is 11.6 Å². The number of rotatable bonds is 7. The monoisotopic (exact) mass is 433 g/mol. The van der Waals surface area contributed by atoms with Crippen LogP contribution in [0.1, 0.15) is 38.2 Å². The van der Waals surface area contributed by atoms with E-state index in [9.17, 15) is 13.2 Å². The van der Waals surface area contributed by atoms with Crippen LogP contribution in [-0.4, -0.2) is 29.6 Å². The van der Waals surface area contributed by atoms with Crippen LogP contribution < -0.4 is 5.32 Å². The summed E-state index contributed by atoms with van der Waals surface area (Å²) >= 11 is 6.02. The second-order valence-electron chi connectivity index (χ2n) is 7.10. The van der Waals surface area contributed by atoms with Crippen LogP contribution in [0.4, 0.5) is 5.69 Å². The number of benzene rings is 2. The highest BCUT2D eigenvalue weighted by atomic mass is 35.5. The van der Waals surface area contributed by atoms with Crippen molar-refractivity contribution in [2.24, 2.45) is 0 Å². The molecule has 3 rings (SSSR count). The zero-order valence-corrected chi connectivity index (χ0v) is 18.2. The molecule has 29 heavy (non-hydrogen) atoms. The predicted octanol–water partition coefficient (Wildman–Crippen LogP) is 4.33. The Hall–Kier alpha value is -2.38. The number of carbonyl (C=O) groups is 1. The molecule has 0 fully saturated rings. The van der Waals surface area contributed by atoms with Gasteiger partial charge in [0.2, 0.25) is 5.91 Å². The molecule has 0 aliphatic heterocycles. The van der Waals surface area contributed by atoms with Crippen molar-refractivity contribution in [1.29, 1.82) is 0 Å². The third kappa shape index (κ3) is 4.62. The van der Waals surface area contributed by atoms with Crippen LogP contribution in [0.2, 0.25) is 0 Å². The van der Waals surface area contributed by atoms with Crippen LogP contribution in [0.15, 0.2) is 47.4 Å². The lowest BCUT2D eigenvalue weighted by atomic mass is 10.1. The van der Waals surface area contributed by atoms with E-state index in [1.165, 1.54) is 0 Å². The van der Waals surface area contributed by atoms with Gasteiger partial charge >= 0.3 is 0 Å². The van der Waals surface area contributed by atoms with Crippen LogP contribution in [0, 0.1) is 0 Å². The Labute approximate surface area is 175 Å². The maximum absolute atomic E-state index is 12.5. The lowest BCUT2D eigenvalue weighted by Crippen LogP contribution is -2.14. The summed E-state index contributed by atoms with van der Waals surface area (Å²) in [6.45, 7) is 5.73. The van der Waals surface area contributed by atoms with E-state index < -0.39 is 9.84 Å². The molecule has 0 radical (unpaired) electrons. The van der Waals surface area contributed by atoms with Gasteiger partial charge in [0.1, 0.15) is 5.82 Å². The normalized spacial score (nSPS) is 11.9. The van der Waals surface area contributed by atoms with Crippen molar-refractivity contribution >= 4 is 44.1 Å². The number of nitrogens with zero attached hydrogens (tertiary/aromatic N) is 2. The fourth-order valence-corrected chi connectivity index (χ4v) is 4.34. The third-order valence-electron chi connectivity index (χ3n) is 4.71. The quantitative estimate of drug-likeness (QED) is 0.562. The molecule has 0 aliphatic carbocycles. The molecule has 1 aromatic heterocycles. The van der Waals surface area contributed by atoms with Crippen molar-refractivity contribution in [3.05, 3.63) is 53.9 Å². The zero-order valence-electron chi connectivity index (χ0n) is 16.6. The molecular formula is C21H24ClN3O3S. The number of hydrogen-bond donors (Lipinski definition) is 1. The maximum atomic E-state index is 12.5. The average Bonchev–Trinajstić information content (AvgIpc) is 3.06. The van der Waals surface area contributed by atoms with E-state index in [1.807, 2.05) is 18.2 Å². The molecule has 0 unspecified atom stereocenters. The van der Waals surface area contributed by atoms with Gasteiger partial charge in [-0.25, -0.2) is 13.4 Å². The van der Waals surface area contributed by atoms with Gasteiger partial charge in [0, 0.05) is 11.7 Å². The highest BCUT2D eigenvalue weighted by Crippen LogP contribution is 2.25. The number of anilines is 1. The largest absolute Gasteiger partial charge is 0.326 e. The van der Waals surface area contributed by atoms with E-state index in [0.717, 1.165) is 22.4 Å². The Morgan fingerprint density at radius 2 is 1.86 bits per heavy atom. The van der Waals surface area contributed by atoms with Gasteiger partial charge in [0.15, 0.2) is 9.84 Å². The van der Waals surface area contributed by atoms with Crippen molar-refractivity contribution in [3.63, 3.8) is 0 Å². The molecule has 3 aromatic rings. The fourth-order valence-electron chi connectivity index (χ4n) is 3.26. The Balaban J connectivity index is 1.77. The second kappa shape index (κ2) is 8.55. The molecule has 0 saturated heterocycles. The molecule has 6 nitrogen and oxygen atoms in total. The minimum Gasteiger partial charge on any atom is -0.326 e. The number of fused-ring (bicyclic) bond motifs is 1. The summed E-state index contributed by atoms with van der Waals surface area (Å²) in [6.07, 6.45) is 0.154. The Morgan fingerprint density at radius 3 is 2.45 bits per heavy atom. The van der Waals surface area contributed by atoms with Crippen molar-refractivity contribution < 1.29 is 13.2 Å². The summed E-state index contributed by atoms with van der Waals surface area (Å²) in [5.41, 5.74) is 3.17. The average molecular weight is 434 g/mol. The predicted molar refractivity (Wildman–Crippen MR) is 116 cm³/mol. The smallest absolute Gasteiger partial charge is 0.228 e. The summed E-state index contributed by atoms with van der Waals surface area (Å²) in [5.74, 6) is 0.984. The molecule has 8 heteroatoms. The van der Waals surface area contributed by atoms with Gasteiger partial charge in [-0.05, 0) is 49.7 Å². The number of amides is 1. The number of carbonyl (C=O) groups excluding carboxylic acids is 1. The number of sulfone groups is 1. The van der Waals surface area contributed by atoms with Gasteiger partial charge < -0.3 is 9.88 Å². The minimum atomic E-state index is -3.24. The highest BCUT2D eigenvalue weighted by molar-refractivity contribution is 7.91. The molecule has 0 bridgehead atoms. The van der Waals surface area contributed by atoms with Gasteiger partial charge in [-0.3, -0.25) is 4.79 Å². The standard InChI is InChI=1S/C21H24ClN3O3S/c1-4-29(27,28)17-8-5-15(6-9-17)11-21(26)23-16-7-10-18-19(12-16)25(14(2)3)20(13-22)24-18/h5-10,12,14H,4,11,13H2,1-3H3,(H,23,26). The fraction of sp³-hybridized carbons (Fsp3) is 0.333. The molecular weight excluding hydrogens is 410 g/mol. The topological polar surface area (TPSA) is 81.1 Å².